The third-order valence-corrected chi connectivity index (χ3v) is 3.89. The predicted octanol–water partition coefficient (Wildman–Crippen LogP) is 0.330. The number of morpholine rings is 1. The van der Waals surface area contributed by atoms with Gasteiger partial charge in [-0.1, -0.05) is 0 Å². The van der Waals surface area contributed by atoms with Crippen LogP contribution in [-0.2, 0) is 9.53 Å². The molecular weight excluding hydrogens is 192 g/mol. The van der Waals surface area contributed by atoms with Gasteiger partial charge in [0.1, 0.15) is 0 Å². The highest BCUT2D eigenvalue weighted by molar-refractivity contribution is 5.73. The van der Waals surface area contributed by atoms with Crippen molar-refractivity contribution in [1.29, 1.82) is 0 Å². The number of hydrogen-bond acceptors (Lipinski definition) is 3. The molecule has 1 spiro atoms. The van der Waals surface area contributed by atoms with E-state index in [9.17, 15) is 4.79 Å². The van der Waals surface area contributed by atoms with Crippen LogP contribution in [0, 0.1) is 0 Å². The zero-order valence-electron chi connectivity index (χ0n) is 9.66. The summed E-state index contributed by atoms with van der Waals surface area (Å²) < 4.78 is 5.58. The van der Waals surface area contributed by atoms with Crippen LogP contribution < -0.4 is 0 Å². The third-order valence-electron chi connectivity index (χ3n) is 3.89. The van der Waals surface area contributed by atoms with E-state index in [1.165, 1.54) is 0 Å². The molecule has 0 bridgehead atoms. The standard InChI is InChI=1S/C11H20N2O2/c1-10(14)13-5-3-11(4-6-13)9-15-8-7-12(11)2/h3-9H2,1-2H3. The van der Waals surface area contributed by atoms with E-state index in [1.807, 2.05) is 4.90 Å². The molecule has 4 nitrogen and oxygen atoms in total. The summed E-state index contributed by atoms with van der Waals surface area (Å²) in [5, 5.41) is 0. The summed E-state index contributed by atoms with van der Waals surface area (Å²) in [7, 11) is 2.17. The number of likely N-dealkylation sites (N-methyl/N-ethyl adjacent to an activating group) is 1. The van der Waals surface area contributed by atoms with Crippen LogP contribution in [0.3, 0.4) is 0 Å². The van der Waals surface area contributed by atoms with Crippen LogP contribution >= 0.6 is 0 Å². The van der Waals surface area contributed by atoms with Crippen molar-refractivity contribution in [2.75, 3.05) is 39.9 Å². The molecule has 0 unspecified atom stereocenters. The smallest absolute Gasteiger partial charge is 0.219 e. The number of carbonyl (C=O) groups is 1. The maximum absolute atomic E-state index is 11.2. The molecule has 2 aliphatic rings. The molecule has 86 valence electrons. The summed E-state index contributed by atoms with van der Waals surface area (Å²) in [6.45, 7) is 6.09. The number of amides is 1. The van der Waals surface area contributed by atoms with Gasteiger partial charge in [0.05, 0.1) is 13.2 Å². The van der Waals surface area contributed by atoms with Crippen molar-refractivity contribution in [3.8, 4) is 0 Å². The van der Waals surface area contributed by atoms with Crippen molar-refractivity contribution in [2.45, 2.75) is 25.3 Å². The van der Waals surface area contributed by atoms with Gasteiger partial charge >= 0.3 is 0 Å². The lowest BCUT2D eigenvalue weighted by Crippen LogP contribution is -2.60. The summed E-state index contributed by atoms with van der Waals surface area (Å²) in [5.74, 6) is 0.198. The molecular formula is C11H20N2O2. The van der Waals surface area contributed by atoms with Gasteiger partial charge in [-0.25, -0.2) is 0 Å². The third kappa shape index (κ3) is 2.01. The fourth-order valence-corrected chi connectivity index (χ4v) is 2.57. The predicted molar refractivity (Wildman–Crippen MR) is 57.7 cm³/mol. The van der Waals surface area contributed by atoms with Crippen LogP contribution in [0.15, 0.2) is 0 Å². The number of carbonyl (C=O) groups excluding carboxylic acids is 1. The van der Waals surface area contributed by atoms with E-state index in [2.05, 4.69) is 11.9 Å². The first-order chi connectivity index (χ1) is 7.14. The minimum atomic E-state index is 0.198. The first-order valence-electron chi connectivity index (χ1n) is 5.69. The summed E-state index contributed by atoms with van der Waals surface area (Å²) in [5.41, 5.74) is 0.199. The number of ether oxygens (including phenoxy) is 1. The van der Waals surface area contributed by atoms with E-state index in [-0.39, 0.29) is 11.4 Å². The van der Waals surface area contributed by atoms with E-state index in [0.29, 0.717) is 0 Å². The Balaban J connectivity index is 1.98. The Morgan fingerprint density at radius 2 is 1.93 bits per heavy atom. The molecule has 4 heteroatoms. The maximum atomic E-state index is 11.2. The number of nitrogens with zero attached hydrogens (tertiary/aromatic N) is 2. The summed E-state index contributed by atoms with van der Waals surface area (Å²) in [4.78, 5) is 15.6. The largest absolute Gasteiger partial charge is 0.378 e. The second kappa shape index (κ2) is 4.10. The van der Waals surface area contributed by atoms with E-state index in [1.54, 1.807) is 6.92 Å². The minimum Gasteiger partial charge on any atom is -0.378 e. The van der Waals surface area contributed by atoms with Crippen LogP contribution in [0.1, 0.15) is 19.8 Å². The Morgan fingerprint density at radius 1 is 1.27 bits per heavy atom. The molecule has 1 amide bonds. The average molecular weight is 212 g/mol. The van der Waals surface area contributed by atoms with Gasteiger partial charge in [-0.05, 0) is 19.9 Å². The molecule has 0 saturated carbocycles. The van der Waals surface area contributed by atoms with Gasteiger partial charge in [0.25, 0.3) is 0 Å². The highest BCUT2D eigenvalue weighted by atomic mass is 16.5. The summed E-state index contributed by atoms with van der Waals surface area (Å²) in [6, 6.07) is 0. The molecule has 0 aromatic rings. The molecule has 0 aromatic carbocycles. The SMILES string of the molecule is CC(=O)N1CCC2(CC1)COCCN2C. The highest BCUT2D eigenvalue weighted by Crippen LogP contribution is 2.30. The zero-order chi connectivity index (χ0) is 10.9. The molecule has 2 heterocycles. The van der Waals surface area contributed by atoms with E-state index in [4.69, 9.17) is 4.74 Å². The zero-order valence-corrected chi connectivity index (χ0v) is 9.66. The van der Waals surface area contributed by atoms with Gasteiger partial charge in [0, 0.05) is 32.1 Å². The fraction of sp³-hybridized carbons (Fsp3) is 0.909. The number of likely N-dealkylation sites (tertiary alicyclic amines) is 1. The van der Waals surface area contributed by atoms with Crippen molar-refractivity contribution in [3.63, 3.8) is 0 Å². The van der Waals surface area contributed by atoms with Crippen molar-refractivity contribution in [1.82, 2.24) is 9.80 Å². The molecule has 2 aliphatic heterocycles. The first kappa shape index (κ1) is 10.9. The van der Waals surface area contributed by atoms with E-state index in [0.717, 1.165) is 45.7 Å². The Labute approximate surface area is 91.2 Å². The quantitative estimate of drug-likeness (QED) is 0.580. The summed E-state index contributed by atoms with van der Waals surface area (Å²) in [6.07, 6.45) is 2.09. The van der Waals surface area contributed by atoms with Crippen LogP contribution in [0.25, 0.3) is 0 Å². The van der Waals surface area contributed by atoms with Crippen molar-refractivity contribution in [2.24, 2.45) is 0 Å². The van der Waals surface area contributed by atoms with Crippen molar-refractivity contribution < 1.29 is 9.53 Å². The van der Waals surface area contributed by atoms with Crippen LogP contribution in [0.5, 0.6) is 0 Å². The second-order valence-corrected chi connectivity index (χ2v) is 4.70. The van der Waals surface area contributed by atoms with Crippen molar-refractivity contribution in [3.05, 3.63) is 0 Å². The molecule has 2 rings (SSSR count). The number of hydrogen-bond donors (Lipinski definition) is 0. The highest BCUT2D eigenvalue weighted by Gasteiger charge is 2.40. The van der Waals surface area contributed by atoms with Crippen LogP contribution in [0.4, 0.5) is 0 Å². The van der Waals surface area contributed by atoms with Gasteiger partial charge in [-0.15, -0.1) is 0 Å². The molecule has 15 heavy (non-hydrogen) atoms. The average Bonchev–Trinajstić information content (AvgIpc) is 2.23. The minimum absolute atomic E-state index is 0.198. The maximum Gasteiger partial charge on any atom is 0.219 e. The lowest BCUT2D eigenvalue weighted by Gasteiger charge is -2.49. The second-order valence-electron chi connectivity index (χ2n) is 4.70. The van der Waals surface area contributed by atoms with Crippen molar-refractivity contribution >= 4 is 5.91 Å². The molecule has 2 fully saturated rings. The van der Waals surface area contributed by atoms with Crippen LogP contribution in [0.2, 0.25) is 0 Å². The Kier molecular flexibility index (Phi) is 2.98. The summed E-state index contributed by atoms with van der Waals surface area (Å²) >= 11 is 0. The Hall–Kier alpha value is -0.610. The normalized spacial score (nSPS) is 26.9. The van der Waals surface area contributed by atoms with E-state index < -0.39 is 0 Å². The van der Waals surface area contributed by atoms with Crippen LogP contribution in [-0.4, -0.2) is 61.1 Å². The Morgan fingerprint density at radius 3 is 2.47 bits per heavy atom. The molecule has 0 aromatic heterocycles. The molecule has 0 aliphatic carbocycles. The lowest BCUT2D eigenvalue weighted by atomic mass is 9.86. The number of rotatable bonds is 0. The monoisotopic (exact) mass is 212 g/mol. The van der Waals surface area contributed by atoms with Gasteiger partial charge in [-0.2, -0.15) is 0 Å². The topological polar surface area (TPSA) is 32.8 Å². The first-order valence-corrected chi connectivity index (χ1v) is 5.69. The fourth-order valence-electron chi connectivity index (χ4n) is 2.57. The molecule has 0 atom stereocenters. The molecule has 2 saturated heterocycles. The molecule has 0 N–H and O–H groups in total. The van der Waals surface area contributed by atoms with E-state index >= 15 is 0 Å². The van der Waals surface area contributed by atoms with Gasteiger partial charge in [0.2, 0.25) is 5.91 Å². The van der Waals surface area contributed by atoms with Gasteiger partial charge in [0.15, 0.2) is 0 Å². The lowest BCUT2D eigenvalue weighted by molar-refractivity contribution is -0.135. The van der Waals surface area contributed by atoms with Gasteiger partial charge < -0.3 is 9.64 Å². The molecule has 0 radical (unpaired) electrons. The number of piperidine rings is 1. The Bertz CT molecular complexity index is 247. The van der Waals surface area contributed by atoms with Gasteiger partial charge in [-0.3, -0.25) is 9.69 Å².